The third kappa shape index (κ3) is 2.47. The van der Waals surface area contributed by atoms with Crippen LogP contribution in [0.25, 0.3) is 0 Å². The number of hydrogen-bond acceptors (Lipinski definition) is 1. The lowest BCUT2D eigenvalue weighted by Crippen LogP contribution is -2.56. The molecule has 5 saturated carbocycles. The lowest BCUT2D eigenvalue weighted by atomic mass is 9.45. The molecule has 5 aliphatic rings. The Morgan fingerprint density at radius 3 is 2.50 bits per heavy atom. The summed E-state index contributed by atoms with van der Waals surface area (Å²) >= 11 is 0. The molecule has 1 nitrogen and oxygen atoms in total. The van der Waals surface area contributed by atoms with E-state index in [9.17, 15) is 5.11 Å². The Kier molecular flexibility index (Phi) is 4.33. The molecule has 5 rings (SSSR count). The lowest BCUT2D eigenvalue weighted by Gasteiger charge is -2.60. The van der Waals surface area contributed by atoms with Crippen LogP contribution in [0, 0.1) is 57.7 Å². The van der Waals surface area contributed by atoms with Gasteiger partial charge in [0.05, 0.1) is 7.45 Å². The monoisotopic (exact) mass is 387 g/mol. The Balaban J connectivity index is 1.37. The van der Waals surface area contributed by atoms with Crippen LogP contribution in [-0.4, -0.2) is 11.2 Å². The van der Waals surface area contributed by atoms with Gasteiger partial charge >= 0.3 is 0 Å². The summed E-state index contributed by atoms with van der Waals surface area (Å²) in [4.78, 5) is 0. The van der Waals surface area contributed by atoms with E-state index in [1.807, 2.05) is 0 Å². The summed E-state index contributed by atoms with van der Waals surface area (Å²) in [5, 5.41) is 11.5. The Morgan fingerprint density at radius 1 is 1.00 bits per heavy atom. The van der Waals surface area contributed by atoms with Crippen LogP contribution < -0.4 is 0 Å². The van der Waals surface area contributed by atoms with E-state index in [2.05, 4.69) is 34.6 Å². The van der Waals surface area contributed by atoms with Crippen molar-refractivity contribution in [3.63, 3.8) is 0 Å². The van der Waals surface area contributed by atoms with Crippen LogP contribution in [0.2, 0.25) is 0 Å². The second kappa shape index (κ2) is 6.48. The summed E-state index contributed by atoms with van der Waals surface area (Å²) < 4.78 is 9.08. The maximum atomic E-state index is 11.5. The Labute approximate surface area is 175 Å². The van der Waals surface area contributed by atoms with Crippen molar-refractivity contribution >= 4 is 0 Å². The summed E-state index contributed by atoms with van der Waals surface area (Å²) in [6, 6.07) is 0. The van der Waals surface area contributed by atoms with Crippen molar-refractivity contribution < 1.29 is 6.48 Å². The van der Waals surface area contributed by atoms with Gasteiger partial charge in [0.2, 0.25) is 0 Å². The number of aliphatic hydroxyl groups is 1. The van der Waals surface area contributed by atoms with Crippen molar-refractivity contribution in [2.45, 2.75) is 111 Å². The normalized spacial score (nSPS) is 58.5. The summed E-state index contributed by atoms with van der Waals surface area (Å²) in [5.41, 5.74) is 0.646. The van der Waals surface area contributed by atoms with Gasteiger partial charge in [0.1, 0.15) is 0 Å². The second-order valence-electron chi connectivity index (χ2n) is 12.9. The smallest absolute Gasteiger partial charge is 0.0607 e. The van der Waals surface area contributed by atoms with E-state index in [0.717, 1.165) is 42.4 Å². The minimum atomic E-state index is -1.16. The van der Waals surface area contributed by atoms with Crippen molar-refractivity contribution in [2.75, 3.05) is 0 Å². The predicted molar refractivity (Wildman–Crippen MR) is 117 cm³/mol. The van der Waals surface area contributed by atoms with Crippen molar-refractivity contribution in [1.29, 1.82) is 0 Å². The Bertz CT molecular complexity index is 657. The highest BCUT2D eigenvalue weighted by molar-refractivity contribution is 5.25. The molecule has 1 N–H and O–H groups in total. The molecule has 160 valence electrons. The minimum Gasteiger partial charge on any atom is -0.393 e. The molecular weight excluding hydrogens is 340 g/mol. The van der Waals surface area contributed by atoms with E-state index in [1.54, 1.807) is 0 Å². The van der Waals surface area contributed by atoms with E-state index in [0.29, 0.717) is 17.3 Å². The maximum absolute atomic E-state index is 11.5. The first-order valence-electron chi connectivity index (χ1n) is 13.3. The molecular formula is C27H46O. The quantitative estimate of drug-likeness (QED) is 0.534. The summed E-state index contributed by atoms with van der Waals surface area (Å²) in [6.45, 7) is 12.4. The Hall–Kier alpha value is -0.0400. The van der Waals surface area contributed by atoms with Gasteiger partial charge in [0, 0.05) is 5.41 Å². The molecule has 0 amide bonds. The molecule has 5 fully saturated rings. The molecule has 0 aromatic carbocycles. The van der Waals surface area contributed by atoms with E-state index in [1.165, 1.54) is 57.8 Å². The van der Waals surface area contributed by atoms with Crippen LogP contribution in [0.3, 0.4) is 0 Å². The zero-order chi connectivity index (χ0) is 20.8. The first kappa shape index (κ1) is 18.7. The fourth-order valence-electron chi connectivity index (χ4n) is 10.1. The van der Waals surface area contributed by atoms with Gasteiger partial charge in [0.25, 0.3) is 0 Å². The molecule has 28 heavy (non-hydrogen) atoms. The topological polar surface area (TPSA) is 20.2 Å². The fraction of sp³-hybridized carbons (Fsp3) is 1.00. The average molecular weight is 388 g/mol. The molecule has 0 unspecified atom stereocenters. The lowest BCUT2D eigenvalue weighted by molar-refractivity contribution is -0.152. The van der Waals surface area contributed by atoms with Gasteiger partial charge in [-0.05, 0) is 104 Å². The molecule has 0 aromatic heterocycles. The van der Waals surface area contributed by atoms with E-state index < -0.39 is 6.08 Å². The predicted octanol–water partition coefficient (Wildman–Crippen LogP) is 7.08. The molecule has 0 heterocycles. The van der Waals surface area contributed by atoms with Crippen molar-refractivity contribution in [3.05, 3.63) is 0 Å². The van der Waals surface area contributed by atoms with Gasteiger partial charge < -0.3 is 5.11 Å². The molecule has 0 saturated heterocycles. The minimum absolute atomic E-state index is 0.0446. The zero-order valence-electron chi connectivity index (χ0n) is 20.3. The average Bonchev–Trinajstić information content (AvgIpc) is 3.17. The molecule has 0 bridgehead atoms. The van der Waals surface area contributed by atoms with Gasteiger partial charge in [-0.2, -0.15) is 0 Å². The van der Waals surface area contributed by atoms with Crippen LogP contribution >= 0.6 is 0 Å². The van der Waals surface area contributed by atoms with Crippen LogP contribution in [0.4, 0.5) is 0 Å². The van der Waals surface area contributed by atoms with E-state index in [-0.39, 0.29) is 10.8 Å². The molecule has 1 heteroatoms. The standard InChI is InChI=1S/C27H46O/c1-17(2)7-6-8-18(3)21-9-10-22-20-15-24(28)27-16-19(27)11-14-26(27,5)23(20)12-13-25(21,22)4/h17-24,28H,6-16H2,1-5H3/t18-,19-,20+,21-,22+,23+,24+,25-,26-,27+/m1/s1/i24D. The van der Waals surface area contributed by atoms with Crippen molar-refractivity contribution in [2.24, 2.45) is 57.7 Å². The van der Waals surface area contributed by atoms with E-state index in [4.69, 9.17) is 1.37 Å². The summed E-state index contributed by atoms with van der Waals surface area (Å²) in [5.74, 6) is 5.30. The zero-order valence-corrected chi connectivity index (χ0v) is 19.3. The first-order chi connectivity index (χ1) is 13.6. The highest BCUT2D eigenvalue weighted by Crippen LogP contribution is 2.81. The summed E-state index contributed by atoms with van der Waals surface area (Å²) in [6.07, 6.45) is 13.0. The molecule has 10 atom stereocenters. The SMILES string of the molecule is [2H][C@]1(O)C[C@H]2[C@@H]3CC[C@H]([C@H](C)CCCC(C)C)[C@@]3(C)CC[C@@H]2[C@@]2(C)CC[C@@H]3C[C@]312. The molecule has 0 radical (unpaired) electrons. The third-order valence-corrected chi connectivity index (χ3v) is 11.5. The van der Waals surface area contributed by atoms with Crippen LogP contribution in [-0.2, 0) is 0 Å². The number of hydrogen-bond donors (Lipinski definition) is 1. The fourth-order valence-corrected chi connectivity index (χ4v) is 10.1. The van der Waals surface area contributed by atoms with Crippen molar-refractivity contribution in [1.82, 2.24) is 0 Å². The third-order valence-electron chi connectivity index (χ3n) is 11.5. The van der Waals surface area contributed by atoms with Gasteiger partial charge in [-0.25, -0.2) is 0 Å². The molecule has 1 spiro atoms. The molecule has 0 aromatic rings. The van der Waals surface area contributed by atoms with Crippen LogP contribution in [0.5, 0.6) is 0 Å². The molecule has 0 aliphatic heterocycles. The Morgan fingerprint density at radius 2 is 1.79 bits per heavy atom. The summed E-state index contributed by atoms with van der Waals surface area (Å²) in [7, 11) is 0. The van der Waals surface area contributed by atoms with E-state index >= 15 is 0 Å². The molecule has 5 aliphatic carbocycles. The van der Waals surface area contributed by atoms with Gasteiger partial charge in [-0.3, -0.25) is 0 Å². The van der Waals surface area contributed by atoms with Gasteiger partial charge in [-0.15, -0.1) is 0 Å². The van der Waals surface area contributed by atoms with Crippen LogP contribution in [0.15, 0.2) is 0 Å². The first-order valence-corrected chi connectivity index (χ1v) is 12.8. The highest BCUT2D eigenvalue weighted by atomic mass is 16.3. The maximum Gasteiger partial charge on any atom is 0.0607 e. The van der Waals surface area contributed by atoms with Gasteiger partial charge in [0.15, 0.2) is 0 Å². The number of fused-ring (bicyclic) bond motifs is 4. The largest absolute Gasteiger partial charge is 0.393 e. The second-order valence-corrected chi connectivity index (χ2v) is 12.9. The number of rotatable bonds is 5. The van der Waals surface area contributed by atoms with Gasteiger partial charge in [-0.1, -0.05) is 53.9 Å². The van der Waals surface area contributed by atoms with Crippen molar-refractivity contribution in [3.8, 4) is 0 Å². The van der Waals surface area contributed by atoms with Crippen LogP contribution in [0.1, 0.15) is 107 Å². The highest BCUT2D eigenvalue weighted by Gasteiger charge is 2.77.